The molecule has 0 amide bonds. The molecule has 9 heavy (non-hydrogen) atoms. The van der Waals surface area contributed by atoms with Crippen molar-refractivity contribution in [3.05, 3.63) is 25.3 Å². The molecule has 0 saturated heterocycles. The van der Waals surface area contributed by atoms with Crippen LogP contribution in [-0.4, -0.2) is 18.6 Å². The fourth-order valence-corrected chi connectivity index (χ4v) is 0.287. The summed E-state index contributed by atoms with van der Waals surface area (Å²) in [7, 11) is 0. The molecule has 0 aliphatic rings. The Kier molecular flexibility index (Phi) is 27.6. The summed E-state index contributed by atoms with van der Waals surface area (Å²) in [6.45, 7) is 8.81. The van der Waals surface area contributed by atoms with Crippen molar-refractivity contribution in [2.75, 3.05) is 13.1 Å². The third-order valence-electron chi connectivity index (χ3n) is 0.577. The van der Waals surface area contributed by atoms with Gasteiger partial charge in [-0.15, -0.1) is 25.6 Å². The molecule has 0 bridgehead atoms. The molecule has 56 valence electrons. The van der Waals surface area contributed by atoms with Crippen molar-refractivity contribution >= 4 is 12.4 Å². The van der Waals surface area contributed by atoms with Crippen LogP contribution in [0.5, 0.6) is 0 Å². The Labute approximate surface area is 62.4 Å². The van der Waals surface area contributed by atoms with E-state index >= 15 is 0 Å². The van der Waals surface area contributed by atoms with Gasteiger partial charge >= 0.3 is 0 Å². The van der Waals surface area contributed by atoms with E-state index in [-0.39, 0.29) is 17.9 Å². The van der Waals surface area contributed by atoms with Gasteiger partial charge in [0.1, 0.15) is 0 Å². The lowest BCUT2D eigenvalue weighted by Crippen LogP contribution is -2.11. The third-order valence-corrected chi connectivity index (χ3v) is 0.577. The Morgan fingerprint density at radius 2 is 1.44 bits per heavy atom. The van der Waals surface area contributed by atoms with Crippen LogP contribution in [-0.2, 0) is 0 Å². The maximum absolute atomic E-state index is 3.54. The molecule has 0 heterocycles. The van der Waals surface area contributed by atoms with Gasteiger partial charge in [-0.3, -0.25) is 0 Å². The van der Waals surface area contributed by atoms with Gasteiger partial charge in [-0.1, -0.05) is 12.2 Å². The molecule has 0 aromatic heterocycles. The van der Waals surface area contributed by atoms with Crippen LogP contribution in [0.25, 0.3) is 0 Å². The van der Waals surface area contributed by atoms with Gasteiger partial charge in [0.2, 0.25) is 0 Å². The predicted molar refractivity (Wildman–Crippen MR) is 44.1 cm³/mol. The van der Waals surface area contributed by atoms with Crippen LogP contribution < -0.4 is 5.32 Å². The topological polar surface area (TPSA) is 43.5 Å². The van der Waals surface area contributed by atoms with Crippen molar-refractivity contribution in [1.29, 1.82) is 0 Å². The highest BCUT2D eigenvalue weighted by Gasteiger charge is 1.69. The van der Waals surface area contributed by atoms with Gasteiger partial charge in [0.15, 0.2) is 0 Å². The standard InChI is InChI=1S/C6H11N.ClH.H2O/c1-3-5-7-6-4-2;;/h3-4,7H,1-2,5-6H2;1H;1H2. The predicted octanol–water partition coefficient (Wildman–Crippen LogP) is 0.545. The Balaban J connectivity index is -0.000000180. The summed E-state index contributed by atoms with van der Waals surface area (Å²) < 4.78 is 0. The van der Waals surface area contributed by atoms with E-state index in [1.54, 1.807) is 0 Å². The molecule has 2 nitrogen and oxygen atoms in total. The van der Waals surface area contributed by atoms with Gasteiger partial charge in [0.05, 0.1) is 0 Å². The highest BCUT2D eigenvalue weighted by atomic mass is 35.5. The first-order valence-electron chi connectivity index (χ1n) is 2.34. The van der Waals surface area contributed by atoms with E-state index in [1.807, 2.05) is 12.2 Å². The zero-order chi connectivity index (χ0) is 5.54. The first kappa shape index (κ1) is 15.9. The molecule has 0 aliphatic heterocycles. The Hall–Kier alpha value is -0.310. The van der Waals surface area contributed by atoms with E-state index in [0.29, 0.717) is 0 Å². The highest BCUT2D eigenvalue weighted by molar-refractivity contribution is 5.85. The third kappa shape index (κ3) is 18.3. The summed E-state index contributed by atoms with van der Waals surface area (Å²) in [6.07, 6.45) is 3.65. The molecular weight excluding hydrogens is 138 g/mol. The fraction of sp³-hybridized carbons (Fsp3) is 0.333. The maximum atomic E-state index is 3.54. The van der Waals surface area contributed by atoms with Crippen molar-refractivity contribution < 1.29 is 5.48 Å². The van der Waals surface area contributed by atoms with Gasteiger partial charge in [-0.05, 0) is 0 Å². The lowest BCUT2D eigenvalue weighted by atomic mass is 10.5. The number of nitrogens with one attached hydrogen (secondary N) is 1. The zero-order valence-electron chi connectivity index (χ0n) is 5.39. The summed E-state index contributed by atoms with van der Waals surface area (Å²) in [5.41, 5.74) is 0. The van der Waals surface area contributed by atoms with Gasteiger partial charge in [0.25, 0.3) is 0 Å². The molecule has 0 aromatic carbocycles. The normalized spacial score (nSPS) is 6.22. The van der Waals surface area contributed by atoms with Crippen molar-refractivity contribution in [2.45, 2.75) is 0 Å². The van der Waals surface area contributed by atoms with Crippen molar-refractivity contribution in [1.82, 2.24) is 5.32 Å². The van der Waals surface area contributed by atoms with Crippen LogP contribution in [0.2, 0.25) is 0 Å². The summed E-state index contributed by atoms with van der Waals surface area (Å²) >= 11 is 0. The number of rotatable bonds is 4. The first-order valence-corrected chi connectivity index (χ1v) is 2.34. The molecule has 0 aromatic rings. The zero-order valence-corrected chi connectivity index (χ0v) is 6.21. The van der Waals surface area contributed by atoms with Gasteiger partial charge < -0.3 is 10.8 Å². The number of halogens is 1. The van der Waals surface area contributed by atoms with E-state index in [9.17, 15) is 0 Å². The maximum Gasteiger partial charge on any atom is 0.0135 e. The summed E-state index contributed by atoms with van der Waals surface area (Å²) in [6, 6.07) is 0. The van der Waals surface area contributed by atoms with Crippen LogP contribution in [0.15, 0.2) is 25.3 Å². The van der Waals surface area contributed by atoms with Crippen LogP contribution >= 0.6 is 12.4 Å². The molecule has 3 heteroatoms. The fourth-order valence-electron chi connectivity index (χ4n) is 0.287. The second-order valence-corrected chi connectivity index (χ2v) is 1.24. The summed E-state index contributed by atoms with van der Waals surface area (Å²) in [4.78, 5) is 0. The molecule has 0 fully saturated rings. The molecule has 0 rings (SSSR count). The lowest BCUT2D eigenvalue weighted by Gasteiger charge is -1.90. The number of hydrogen-bond acceptors (Lipinski definition) is 1. The van der Waals surface area contributed by atoms with Crippen LogP contribution in [0, 0.1) is 0 Å². The quantitative estimate of drug-likeness (QED) is 0.463. The largest absolute Gasteiger partial charge is 0.412 e. The average molecular weight is 152 g/mol. The van der Waals surface area contributed by atoms with Crippen LogP contribution in [0.3, 0.4) is 0 Å². The minimum atomic E-state index is 0. The van der Waals surface area contributed by atoms with E-state index in [0.717, 1.165) is 13.1 Å². The molecule has 0 radical (unpaired) electrons. The van der Waals surface area contributed by atoms with Crippen LogP contribution in [0.1, 0.15) is 0 Å². The minimum absolute atomic E-state index is 0. The average Bonchev–Trinajstić information content (AvgIpc) is 1.69. The monoisotopic (exact) mass is 151 g/mol. The second-order valence-electron chi connectivity index (χ2n) is 1.24. The van der Waals surface area contributed by atoms with E-state index in [1.165, 1.54) is 0 Å². The number of hydrogen-bond donors (Lipinski definition) is 1. The molecule has 0 aliphatic carbocycles. The molecule has 0 saturated carbocycles. The molecular formula is C6H14ClNO. The summed E-state index contributed by atoms with van der Waals surface area (Å²) in [5.74, 6) is 0. The molecule has 0 unspecified atom stereocenters. The molecule has 0 spiro atoms. The van der Waals surface area contributed by atoms with Gasteiger partial charge in [-0.25, -0.2) is 0 Å². The van der Waals surface area contributed by atoms with Crippen molar-refractivity contribution in [2.24, 2.45) is 0 Å². The first-order chi connectivity index (χ1) is 3.41. The lowest BCUT2D eigenvalue weighted by molar-refractivity contribution is 0.824. The SMILES string of the molecule is C=CCNCC=C.Cl.O. The van der Waals surface area contributed by atoms with Crippen molar-refractivity contribution in [3.8, 4) is 0 Å². The minimum Gasteiger partial charge on any atom is -0.412 e. The van der Waals surface area contributed by atoms with Crippen molar-refractivity contribution in [3.63, 3.8) is 0 Å². The van der Waals surface area contributed by atoms with Gasteiger partial charge in [-0.2, -0.15) is 0 Å². The highest BCUT2D eigenvalue weighted by Crippen LogP contribution is 1.59. The van der Waals surface area contributed by atoms with Crippen LogP contribution in [0.4, 0.5) is 0 Å². The van der Waals surface area contributed by atoms with E-state index in [2.05, 4.69) is 18.5 Å². The molecule has 3 N–H and O–H groups in total. The summed E-state index contributed by atoms with van der Waals surface area (Å²) in [5, 5.41) is 3.05. The Morgan fingerprint density at radius 3 is 1.67 bits per heavy atom. The Bertz CT molecular complexity index is 58.1. The van der Waals surface area contributed by atoms with E-state index < -0.39 is 0 Å². The Morgan fingerprint density at radius 1 is 1.11 bits per heavy atom. The van der Waals surface area contributed by atoms with Gasteiger partial charge in [0, 0.05) is 13.1 Å². The molecule has 0 atom stereocenters. The second kappa shape index (κ2) is 15.6. The van der Waals surface area contributed by atoms with E-state index in [4.69, 9.17) is 0 Å². The smallest absolute Gasteiger partial charge is 0.0135 e.